The van der Waals surface area contributed by atoms with E-state index in [-0.39, 0.29) is 22.9 Å². The van der Waals surface area contributed by atoms with Crippen LogP contribution in [-0.4, -0.2) is 17.5 Å². The van der Waals surface area contributed by atoms with Crippen molar-refractivity contribution in [3.8, 4) is 0 Å². The molecule has 134 valence electrons. The van der Waals surface area contributed by atoms with Crippen LogP contribution >= 0.6 is 0 Å². The van der Waals surface area contributed by atoms with Crippen LogP contribution in [0.1, 0.15) is 42.4 Å². The molecule has 0 fully saturated rings. The van der Waals surface area contributed by atoms with Crippen molar-refractivity contribution >= 4 is 34.1 Å². The molecular weight excluding hydrogens is 354 g/mol. The van der Waals surface area contributed by atoms with Gasteiger partial charge in [-0.25, -0.2) is 0 Å². The van der Waals surface area contributed by atoms with Gasteiger partial charge in [0, 0.05) is 33.3 Å². The van der Waals surface area contributed by atoms with Gasteiger partial charge in [0.15, 0.2) is 17.3 Å². The van der Waals surface area contributed by atoms with Crippen LogP contribution in [0.15, 0.2) is 77.2 Å². The largest absolute Gasteiger partial charge is 0.451 e. The highest BCUT2D eigenvalue weighted by atomic mass is 16.3. The molecule has 1 amide bonds. The average molecular weight is 367 g/mol. The fraction of sp³-hybridized carbons (Fsp3) is 0. The summed E-state index contributed by atoms with van der Waals surface area (Å²) in [6, 6.07) is 20.5. The first-order valence-electron chi connectivity index (χ1n) is 8.74. The number of nitrogens with one attached hydrogen (secondary N) is 1. The number of para-hydroxylation sites is 1. The molecule has 0 unspecified atom stereocenters. The Morgan fingerprint density at radius 2 is 1.36 bits per heavy atom. The fourth-order valence-corrected chi connectivity index (χ4v) is 3.46. The number of hydrogen-bond donors (Lipinski definition) is 1. The Hall–Kier alpha value is -3.99. The van der Waals surface area contributed by atoms with Crippen LogP contribution in [0.2, 0.25) is 0 Å². The summed E-state index contributed by atoms with van der Waals surface area (Å²) in [7, 11) is 0. The molecule has 1 aromatic heterocycles. The molecule has 0 atom stereocenters. The van der Waals surface area contributed by atoms with Crippen LogP contribution < -0.4 is 5.32 Å². The van der Waals surface area contributed by atoms with E-state index in [9.17, 15) is 14.4 Å². The standard InChI is InChI=1S/C23H13NO4/c25-21-15-6-2-3-7-16(15)22(26)18-12-14(9-10-17(18)21)24-23(27)20-11-13-5-1-4-8-19(13)28-20/h1-12H,(H,24,27). The SMILES string of the molecule is O=C(Nc1ccc2c(c1)C(=O)c1ccccc1C2=O)c1cc2ccccc2o1. The molecule has 1 heterocycles. The molecular formula is C23H13NO4. The second-order valence-electron chi connectivity index (χ2n) is 6.57. The maximum atomic E-state index is 12.8. The van der Waals surface area contributed by atoms with E-state index in [1.165, 1.54) is 6.07 Å². The normalized spacial score (nSPS) is 12.6. The lowest BCUT2D eigenvalue weighted by molar-refractivity contribution is 0.0979. The van der Waals surface area contributed by atoms with Crippen LogP contribution in [0.4, 0.5) is 5.69 Å². The van der Waals surface area contributed by atoms with Crippen molar-refractivity contribution in [2.24, 2.45) is 0 Å². The second kappa shape index (κ2) is 6.03. The number of carbonyl (C=O) groups is 3. The highest BCUT2D eigenvalue weighted by Gasteiger charge is 2.29. The summed E-state index contributed by atoms with van der Waals surface area (Å²) in [5.41, 5.74) is 2.44. The molecule has 0 radical (unpaired) electrons. The monoisotopic (exact) mass is 367 g/mol. The molecule has 0 aliphatic heterocycles. The van der Waals surface area contributed by atoms with E-state index < -0.39 is 5.91 Å². The third-order valence-corrected chi connectivity index (χ3v) is 4.83. The Morgan fingerprint density at radius 1 is 0.714 bits per heavy atom. The Labute approximate surface area is 159 Å². The van der Waals surface area contributed by atoms with Gasteiger partial charge in [-0.3, -0.25) is 14.4 Å². The van der Waals surface area contributed by atoms with Crippen molar-refractivity contribution in [1.29, 1.82) is 0 Å². The van der Waals surface area contributed by atoms with Crippen molar-refractivity contribution in [2.75, 3.05) is 5.32 Å². The van der Waals surface area contributed by atoms with Gasteiger partial charge in [0.1, 0.15) is 5.58 Å². The minimum absolute atomic E-state index is 0.173. The predicted octanol–water partition coefficient (Wildman–Crippen LogP) is 4.46. The van der Waals surface area contributed by atoms with E-state index in [0.29, 0.717) is 28.0 Å². The summed E-state index contributed by atoms with van der Waals surface area (Å²) in [5.74, 6) is -0.678. The van der Waals surface area contributed by atoms with Gasteiger partial charge in [-0.2, -0.15) is 0 Å². The summed E-state index contributed by atoms with van der Waals surface area (Å²) in [5, 5.41) is 3.56. The number of rotatable bonds is 2. The highest BCUT2D eigenvalue weighted by molar-refractivity contribution is 6.28. The first-order valence-corrected chi connectivity index (χ1v) is 8.74. The van der Waals surface area contributed by atoms with Gasteiger partial charge < -0.3 is 9.73 Å². The molecule has 4 aromatic rings. The number of amides is 1. The maximum absolute atomic E-state index is 12.8. The Morgan fingerprint density at radius 3 is 2.11 bits per heavy atom. The number of ketones is 2. The second-order valence-corrected chi connectivity index (χ2v) is 6.57. The van der Waals surface area contributed by atoms with Gasteiger partial charge in [-0.05, 0) is 30.3 Å². The van der Waals surface area contributed by atoms with Gasteiger partial charge >= 0.3 is 0 Å². The summed E-state index contributed by atoms with van der Waals surface area (Å²) in [6.45, 7) is 0. The summed E-state index contributed by atoms with van der Waals surface area (Å²) in [6.07, 6.45) is 0. The molecule has 0 saturated heterocycles. The average Bonchev–Trinajstić information content (AvgIpc) is 3.16. The number of furan rings is 1. The number of anilines is 1. The lowest BCUT2D eigenvalue weighted by Crippen LogP contribution is -2.21. The summed E-state index contributed by atoms with van der Waals surface area (Å²) < 4.78 is 5.57. The highest BCUT2D eigenvalue weighted by Crippen LogP contribution is 2.29. The van der Waals surface area contributed by atoms with E-state index in [0.717, 1.165) is 5.39 Å². The predicted molar refractivity (Wildman–Crippen MR) is 104 cm³/mol. The minimum Gasteiger partial charge on any atom is -0.451 e. The van der Waals surface area contributed by atoms with Crippen molar-refractivity contribution in [2.45, 2.75) is 0 Å². The van der Waals surface area contributed by atoms with Crippen molar-refractivity contribution < 1.29 is 18.8 Å². The minimum atomic E-state index is -0.425. The van der Waals surface area contributed by atoms with Crippen LogP contribution in [0.5, 0.6) is 0 Å². The van der Waals surface area contributed by atoms with Crippen LogP contribution in [0.25, 0.3) is 11.0 Å². The van der Waals surface area contributed by atoms with Crippen LogP contribution in [0, 0.1) is 0 Å². The molecule has 5 nitrogen and oxygen atoms in total. The third kappa shape index (κ3) is 2.45. The van der Waals surface area contributed by atoms with Gasteiger partial charge in [0.2, 0.25) is 0 Å². The fourth-order valence-electron chi connectivity index (χ4n) is 3.46. The summed E-state index contributed by atoms with van der Waals surface area (Å²) >= 11 is 0. The zero-order valence-corrected chi connectivity index (χ0v) is 14.6. The van der Waals surface area contributed by atoms with Gasteiger partial charge in [0.05, 0.1) is 0 Å². The topological polar surface area (TPSA) is 76.4 Å². The molecule has 0 spiro atoms. The summed E-state index contributed by atoms with van der Waals surface area (Å²) in [4.78, 5) is 38.0. The number of carbonyl (C=O) groups excluding carboxylic acids is 3. The zero-order chi connectivity index (χ0) is 19.3. The Balaban J connectivity index is 1.48. The van der Waals surface area contributed by atoms with Crippen LogP contribution in [0.3, 0.4) is 0 Å². The molecule has 1 N–H and O–H groups in total. The number of fused-ring (bicyclic) bond motifs is 3. The smallest absolute Gasteiger partial charge is 0.291 e. The van der Waals surface area contributed by atoms with Crippen LogP contribution in [-0.2, 0) is 0 Å². The molecule has 1 aliphatic carbocycles. The first kappa shape index (κ1) is 16.2. The van der Waals surface area contributed by atoms with E-state index in [1.54, 1.807) is 48.5 Å². The van der Waals surface area contributed by atoms with E-state index in [1.807, 2.05) is 18.2 Å². The molecule has 0 bridgehead atoms. The van der Waals surface area contributed by atoms with Gasteiger partial charge in [-0.1, -0.05) is 42.5 Å². The molecule has 5 heteroatoms. The number of hydrogen-bond acceptors (Lipinski definition) is 4. The van der Waals surface area contributed by atoms with E-state index in [4.69, 9.17) is 4.42 Å². The number of benzene rings is 3. The maximum Gasteiger partial charge on any atom is 0.291 e. The quantitative estimate of drug-likeness (QED) is 0.500. The molecule has 1 aliphatic rings. The lowest BCUT2D eigenvalue weighted by Gasteiger charge is -2.18. The third-order valence-electron chi connectivity index (χ3n) is 4.83. The first-order chi connectivity index (χ1) is 13.6. The van der Waals surface area contributed by atoms with Crippen molar-refractivity contribution in [1.82, 2.24) is 0 Å². The Kier molecular flexibility index (Phi) is 3.49. The van der Waals surface area contributed by atoms with Gasteiger partial charge in [-0.15, -0.1) is 0 Å². The molecule has 0 saturated carbocycles. The van der Waals surface area contributed by atoms with E-state index >= 15 is 0 Å². The van der Waals surface area contributed by atoms with Gasteiger partial charge in [0.25, 0.3) is 5.91 Å². The zero-order valence-electron chi connectivity index (χ0n) is 14.6. The molecule has 3 aromatic carbocycles. The molecule has 5 rings (SSSR count). The van der Waals surface area contributed by atoms with Crippen molar-refractivity contribution in [3.05, 3.63) is 101 Å². The van der Waals surface area contributed by atoms with Crippen molar-refractivity contribution in [3.63, 3.8) is 0 Å². The Bertz CT molecular complexity index is 1270. The molecule has 28 heavy (non-hydrogen) atoms. The van der Waals surface area contributed by atoms with E-state index in [2.05, 4.69) is 5.32 Å². The lowest BCUT2D eigenvalue weighted by atomic mass is 9.84.